The standard InChI is InChI=1S/C58H72F2N10O5/c1-3-46-49(59)9-5-39-28-45(72)29-47(52(39)46)54-53(60)55-48(30-61-54)56(70-33-42-6-7-43(34-70)62-42)65-58(64-55)75-25-24-67-18-12-36(13-19-67)26-37-14-20-68(21-15-37)31-38-16-22-69(23-17-38)44-8-4-40(35-71)41(27-44)32-66(2)50-10-11-51(73)63-57(50)74/h4-5,8-9,27-30,35-38,42-43,50,62,72H,3,6-7,10-26,31-34H2,1-2H3,(H,63,73,74). The number of likely N-dealkylation sites (tertiary alicyclic amines) is 2. The molecule has 2 aromatic heterocycles. The second-order valence-electron chi connectivity index (χ2n) is 22.5. The van der Waals surface area contributed by atoms with Crippen LogP contribution in [-0.2, 0) is 22.6 Å². The Bertz CT molecular complexity index is 2910. The second-order valence-corrected chi connectivity index (χ2v) is 22.5. The zero-order chi connectivity index (χ0) is 51.7. The van der Waals surface area contributed by atoms with Gasteiger partial charge in [0.25, 0.3) is 0 Å². The van der Waals surface area contributed by atoms with Gasteiger partial charge < -0.3 is 29.9 Å². The Balaban J connectivity index is 0.653. The third-order valence-electron chi connectivity index (χ3n) is 17.6. The van der Waals surface area contributed by atoms with Gasteiger partial charge in [-0.3, -0.25) is 34.5 Å². The zero-order valence-electron chi connectivity index (χ0n) is 43.5. The van der Waals surface area contributed by atoms with Crippen LogP contribution in [0.15, 0.2) is 48.7 Å². The monoisotopic (exact) mass is 1030 g/mol. The quantitative estimate of drug-likeness (QED) is 0.0659. The molecule has 5 aromatic rings. The largest absolute Gasteiger partial charge is 0.508 e. The first-order valence-electron chi connectivity index (χ1n) is 27.7. The maximum atomic E-state index is 17.1. The number of anilines is 2. The van der Waals surface area contributed by atoms with Crippen LogP contribution in [0.2, 0.25) is 0 Å². The third kappa shape index (κ3) is 11.2. The normalized spacial score (nSPS) is 22.7. The van der Waals surface area contributed by atoms with Crippen molar-refractivity contribution in [3.05, 3.63) is 77.0 Å². The van der Waals surface area contributed by atoms with E-state index in [-0.39, 0.29) is 40.6 Å². The summed E-state index contributed by atoms with van der Waals surface area (Å²) in [4.78, 5) is 62.2. The molecule has 0 spiro atoms. The molecule has 3 N–H and O–H groups in total. The number of ether oxygens (including phenoxy) is 1. The number of phenolic OH excluding ortho intramolecular Hbond substituents is 1. The van der Waals surface area contributed by atoms with Crippen molar-refractivity contribution in [1.29, 1.82) is 0 Å². The fourth-order valence-corrected chi connectivity index (χ4v) is 13.4. The average Bonchev–Trinajstić information content (AvgIpc) is 3.76. The number of piperazine rings is 1. The van der Waals surface area contributed by atoms with Crippen LogP contribution in [0, 0.1) is 29.4 Å². The van der Waals surface area contributed by atoms with E-state index >= 15 is 8.78 Å². The molecule has 398 valence electrons. The van der Waals surface area contributed by atoms with Gasteiger partial charge in [0, 0.05) is 87.3 Å². The Kier molecular flexibility index (Phi) is 15.3. The molecular formula is C58H72F2N10O5. The summed E-state index contributed by atoms with van der Waals surface area (Å²) < 4.78 is 38.6. The van der Waals surface area contributed by atoms with E-state index in [0.717, 1.165) is 107 Å². The number of benzene rings is 3. The van der Waals surface area contributed by atoms with Crippen molar-refractivity contribution < 1.29 is 33.0 Å². The number of piperidine rings is 4. The van der Waals surface area contributed by atoms with Gasteiger partial charge in [0.1, 0.15) is 41.5 Å². The molecule has 6 aliphatic heterocycles. The number of aromatic nitrogens is 3. The Morgan fingerprint density at radius 3 is 2.27 bits per heavy atom. The van der Waals surface area contributed by atoms with Crippen LogP contribution in [0.25, 0.3) is 32.9 Å². The van der Waals surface area contributed by atoms with E-state index in [1.165, 1.54) is 57.3 Å². The summed E-state index contributed by atoms with van der Waals surface area (Å²) in [7, 11) is 1.88. The number of amides is 2. The number of imide groups is 1. The summed E-state index contributed by atoms with van der Waals surface area (Å²) in [5.41, 5.74) is 3.49. The minimum Gasteiger partial charge on any atom is -0.508 e. The van der Waals surface area contributed by atoms with E-state index < -0.39 is 11.9 Å². The number of aryl methyl sites for hydroxylation is 1. The molecule has 75 heavy (non-hydrogen) atoms. The molecule has 11 rings (SSSR count). The van der Waals surface area contributed by atoms with Gasteiger partial charge in [-0.25, -0.2) is 8.78 Å². The van der Waals surface area contributed by atoms with E-state index in [9.17, 15) is 19.5 Å². The van der Waals surface area contributed by atoms with Crippen LogP contribution in [0.1, 0.15) is 99.0 Å². The lowest BCUT2D eigenvalue weighted by Crippen LogP contribution is -2.51. The number of carbonyl (C=O) groups excluding carboxylic acids is 3. The number of hydrogen-bond donors (Lipinski definition) is 3. The van der Waals surface area contributed by atoms with Gasteiger partial charge in [-0.2, -0.15) is 9.97 Å². The molecule has 6 aliphatic rings. The van der Waals surface area contributed by atoms with Gasteiger partial charge >= 0.3 is 6.01 Å². The first-order valence-corrected chi connectivity index (χ1v) is 27.7. The lowest BCUT2D eigenvalue weighted by Gasteiger charge is -2.39. The maximum absolute atomic E-state index is 17.1. The van der Waals surface area contributed by atoms with Gasteiger partial charge in [-0.15, -0.1) is 0 Å². The molecule has 3 atom stereocenters. The number of pyridine rings is 1. The van der Waals surface area contributed by atoms with E-state index in [0.29, 0.717) is 89.1 Å². The lowest BCUT2D eigenvalue weighted by atomic mass is 9.82. The Labute approximate surface area is 438 Å². The number of nitrogens with zero attached hydrogens (tertiary/aromatic N) is 8. The maximum Gasteiger partial charge on any atom is 0.319 e. The van der Waals surface area contributed by atoms with Crippen LogP contribution in [-0.4, -0.2) is 150 Å². The number of rotatable bonds is 16. The molecule has 3 unspecified atom stereocenters. The Morgan fingerprint density at radius 1 is 0.840 bits per heavy atom. The first-order chi connectivity index (χ1) is 36.5. The zero-order valence-corrected chi connectivity index (χ0v) is 43.5. The summed E-state index contributed by atoms with van der Waals surface area (Å²) in [6.07, 6.45) is 14.3. The molecular weight excluding hydrogens is 955 g/mol. The Hall–Kier alpha value is -5.88. The molecule has 0 saturated carbocycles. The fraction of sp³-hybridized carbons (Fsp3) is 0.552. The summed E-state index contributed by atoms with van der Waals surface area (Å²) in [5, 5.41) is 18.5. The molecule has 8 heterocycles. The van der Waals surface area contributed by atoms with Crippen LogP contribution in [0.3, 0.4) is 0 Å². The Morgan fingerprint density at radius 2 is 1.56 bits per heavy atom. The van der Waals surface area contributed by atoms with Gasteiger partial charge in [-0.1, -0.05) is 13.0 Å². The van der Waals surface area contributed by atoms with Crippen molar-refractivity contribution in [2.45, 2.75) is 109 Å². The molecule has 2 amide bonds. The van der Waals surface area contributed by atoms with E-state index in [1.54, 1.807) is 18.3 Å². The number of aldehydes is 1. The summed E-state index contributed by atoms with van der Waals surface area (Å²) >= 11 is 0. The van der Waals surface area contributed by atoms with E-state index in [1.807, 2.05) is 31.0 Å². The van der Waals surface area contributed by atoms with Crippen molar-refractivity contribution in [1.82, 2.24) is 40.3 Å². The number of phenols is 1. The van der Waals surface area contributed by atoms with E-state index in [2.05, 4.69) is 41.3 Å². The van der Waals surface area contributed by atoms with Crippen LogP contribution >= 0.6 is 0 Å². The number of nitrogens with one attached hydrogen (secondary N) is 2. The van der Waals surface area contributed by atoms with Crippen LogP contribution in [0.5, 0.6) is 11.8 Å². The molecule has 2 bridgehead atoms. The highest BCUT2D eigenvalue weighted by molar-refractivity contribution is 6.02. The van der Waals surface area contributed by atoms with Crippen molar-refractivity contribution in [3.63, 3.8) is 0 Å². The molecule has 17 heteroatoms. The van der Waals surface area contributed by atoms with Crippen molar-refractivity contribution in [3.8, 4) is 23.0 Å². The number of likely N-dealkylation sites (N-methyl/N-ethyl adjacent to an activating group) is 1. The van der Waals surface area contributed by atoms with Crippen molar-refractivity contribution in [2.75, 3.05) is 88.9 Å². The summed E-state index contributed by atoms with van der Waals surface area (Å²) in [5.74, 6) is 1.16. The molecule has 3 aromatic carbocycles. The minimum absolute atomic E-state index is 0.00562. The molecule has 0 aliphatic carbocycles. The number of carbonyl (C=O) groups is 3. The highest BCUT2D eigenvalue weighted by Crippen LogP contribution is 2.40. The predicted octanol–water partition coefficient (Wildman–Crippen LogP) is 7.49. The minimum atomic E-state index is -0.658. The molecule has 15 nitrogen and oxygen atoms in total. The predicted molar refractivity (Wildman–Crippen MR) is 286 cm³/mol. The second kappa shape index (κ2) is 22.4. The molecule has 6 saturated heterocycles. The molecule has 0 radical (unpaired) electrons. The van der Waals surface area contributed by atoms with Gasteiger partial charge in [-0.05, 0) is 180 Å². The first kappa shape index (κ1) is 51.2. The van der Waals surface area contributed by atoms with Gasteiger partial charge in [0.2, 0.25) is 11.8 Å². The number of aromatic hydroxyl groups is 1. The third-order valence-corrected chi connectivity index (χ3v) is 17.6. The highest BCUT2D eigenvalue weighted by Gasteiger charge is 2.35. The number of hydrogen-bond acceptors (Lipinski definition) is 14. The fourth-order valence-electron chi connectivity index (χ4n) is 13.4. The van der Waals surface area contributed by atoms with Gasteiger partial charge in [0.15, 0.2) is 5.82 Å². The summed E-state index contributed by atoms with van der Waals surface area (Å²) in [6.45, 7) is 12.4. The lowest BCUT2D eigenvalue weighted by molar-refractivity contribution is -0.137. The van der Waals surface area contributed by atoms with Gasteiger partial charge in [0.05, 0.1) is 11.4 Å². The SMILES string of the molecule is CCc1c(F)ccc2cc(O)cc(-c3ncc4c(N5CC6CCC(C5)N6)nc(OCCN5CCC(CC6CCN(CC7CCN(c8ccc(C=O)c(CN(C)C9CCC(=O)NC9=O)c8)CC7)CC6)CC5)nc4c3F)c12. The van der Waals surface area contributed by atoms with Crippen molar-refractivity contribution in [2.24, 2.45) is 17.8 Å². The smallest absolute Gasteiger partial charge is 0.319 e. The highest BCUT2D eigenvalue weighted by atomic mass is 19.1. The van der Waals surface area contributed by atoms with Crippen molar-refractivity contribution >= 4 is 51.3 Å². The average molecular weight is 1030 g/mol. The molecule has 6 fully saturated rings. The number of fused-ring (bicyclic) bond motifs is 4. The van der Waals surface area contributed by atoms with Crippen LogP contribution < -0.4 is 25.2 Å². The van der Waals surface area contributed by atoms with E-state index in [4.69, 9.17) is 14.7 Å². The number of halogens is 2. The summed E-state index contributed by atoms with van der Waals surface area (Å²) in [6, 6.07) is 12.4. The topological polar surface area (TPSA) is 160 Å². The van der Waals surface area contributed by atoms with Crippen LogP contribution in [0.4, 0.5) is 20.3 Å².